The summed E-state index contributed by atoms with van der Waals surface area (Å²) in [5, 5.41) is 7.57. The Labute approximate surface area is 177 Å². The molecule has 2 aromatic heterocycles. The van der Waals surface area contributed by atoms with Gasteiger partial charge in [-0.1, -0.05) is 0 Å². The van der Waals surface area contributed by atoms with Gasteiger partial charge in [0.15, 0.2) is 0 Å². The van der Waals surface area contributed by atoms with Crippen LogP contribution in [-0.2, 0) is 4.79 Å². The first-order chi connectivity index (χ1) is 14.4. The van der Waals surface area contributed by atoms with Crippen LogP contribution in [0.15, 0.2) is 36.4 Å². The predicted octanol–water partition coefficient (Wildman–Crippen LogP) is 3.75. The van der Waals surface area contributed by atoms with Gasteiger partial charge in [0.05, 0.1) is 17.3 Å². The van der Waals surface area contributed by atoms with Crippen molar-refractivity contribution >= 4 is 17.5 Å². The van der Waals surface area contributed by atoms with Crippen molar-refractivity contribution in [2.24, 2.45) is 5.92 Å². The SMILES string of the molecule is Cc1cc(C)nc(N2CCCC(C(=O)Nc3ccc(-n4nc(C)cc4C)cc3)C2)n1. The third-order valence-electron chi connectivity index (χ3n) is 5.43. The number of nitrogens with zero attached hydrogens (tertiary/aromatic N) is 5. The molecule has 3 heterocycles. The summed E-state index contributed by atoms with van der Waals surface area (Å²) in [5.41, 5.74) is 5.75. The molecule has 7 heteroatoms. The van der Waals surface area contributed by atoms with E-state index < -0.39 is 0 Å². The van der Waals surface area contributed by atoms with Crippen LogP contribution in [0.2, 0.25) is 0 Å². The van der Waals surface area contributed by atoms with E-state index in [9.17, 15) is 4.79 Å². The van der Waals surface area contributed by atoms with E-state index in [-0.39, 0.29) is 11.8 Å². The Hall–Kier alpha value is -3.22. The van der Waals surface area contributed by atoms with E-state index in [0.29, 0.717) is 6.54 Å². The first-order valence-electron chi connectivity index (χ1n) is 10.4. The summed E-state index contributed by atoms with van der Waals surface area (Å²) in [5.74, 6) is 0.682. The zero-order valence-corrected chi connectivity index (χ0v) is 18.0. The van der Waals surface area contributed by atoms with E-state index in [1.54, 1.807) is 0 Å². The van der Waals surface area contributed by atoms with Crippen LogP contribution in [-0.4, -0.2) is 38.7 Å². The Morgan fingerprint density at radius 3 is 2.33 bits per heavy atom. The third-order valence-corrected chi connectivity index (χ3v) is 5.43. The normalized spacial score (nSPS) is 16.5. The molecular weight excluding hydrogens is 376 g/mol. The Morgan fingerprint density at radius 1 is 1.00 bits per heavy atom. The number of hydrogen-bond donors (Lipinski definition) is 1. The lowest BCUT2D eigenvalue weighted by atomic mass is 9.97. The number of amides is 1. The quantitative estimate of drug-likeness (QED) is 0.717. The molecule has 3 aromatic rings. The van der Waals surface area contributed by atoms with Crippen LogP contribution >= 0.6 is 0 Å². The van der Waals surface area contributed by atoms with Crippen molar-refractivity contribution in [1.29, 1.82) is 0 Å². The van der Waals surface area contributed by atoms with Crippen LogP contribution in [0.5, 0.6) is 0 Å². The number of piperidine rings is 1. The number of aromatic nitrogens is 4. The Kier molecular flexibility index (Phi) is 5.53. The topological polar surface area (TPSA) is 75.9 Å². The number of anilines is 2. The summed E-state index contributed by atoms with van der Waals surface area (Å²) in [6.07, 6.45) is 1.82. The molecule has 0 bridgehead atoms. The summed E-state index contributed by atoms with van der Waals surface area (Å²) in [6, 6.07) is 11.8. The molecule has 4 rings (SSSR count). The summed E-state index contributed by atoms with van der Waals surface area (Å²) in [6.45, 7) is 9.48. The van der Waals surface area contributed by atoms with Gasteiger partial charge in [-0.05, 0) is 76.9 Å². The summed E-state index contributed by atoms with van der Waals surface area (Å²) >= 11 is 0. The minimum absolute atomic E-state index is 0.0444. The van der Waals surface area contributed by atoms with Crippen LogP contribution in [0.1, 0.15) is 35.6 Å². The van der Waals surface area contributed by atoms with Crippen molar-refractivity contribution in [1.82, 2.24) is 19.7 Å². The molecule has 1 saturated heterocycles. The number of benzene rings is 1. The van der Waals surface area contributed by atoms with Gasteiger partial charge in [0.25, 0.3) is 0 Å². The Balaban J connectivity index is 1.42. The maximum absolute atomic E-state index is 12.9. The van der Waals surface area contributed by atoms with Gasteiger partial charge in [-0.15, -0.1) is 0 Å². The van der Waals surface area contributed by atoms with Crippen LogP contribution in [0.4, 0.5) is 11.6 Å². The van der Waals surface area contributed by atoms with Crippen LogP contribution in [0, 0.1) is 33.6 Å². The van der Waals surface area contributed by atoms with E-state index in [2.05, 4.69) is 25.3 Å². The van der Waals surface area contributed by atoms with Crippen molar-refractivity contribution in [3.05, 3.63) is 59.2 Å². The zero-order valence-electron chi connectivity index (χ0n) is 18.0. The fourth-order valence-corrected chi connectivity index (χ4v) is 4.04. The van der Waals surface area contributed by atoms with Gasteiger partial charge in [-0.2, -0.15) is 5.10 Å². The van der Waals surface area contributed by atoms with Crippen molar-refractivity contribution in [3.8, 4) is 5.69 Å². The van der Waals surface area contributed by atoms with Crippen LogP contribution in [0.3, 0.4) is 0 Å². The lowest BCUT2D eigenvalue weighted by molar-refractivity contribution is -0.120. The van der Waals surface area contributed by atoms with Gasteiger partial charge >= 0.3 is 0 Å². The largest absolute Gasteiger partial charge is 0.340 e. The molecular formula is C23H28N6O. The zero-order chi connectivity index (χ0) is 21.3. The molecule has 1 aliphatic rings. The number of carbonyl (C=O) groups excluding carboxylic acids is 1. The molecule has 1 N–H and O–H groups in total. The lowest BCUT2D eigenvalue weighted by Gasteiger charge is -2.32. The highest BCUT2D eigenvalue weighted by Crippen LogP contribution is 2.23. The molecule has 0 radical (unpaired) electrons. The number of aryl methyl sites for hydroxylation is 4. The van der Waals surface area contributed by atoms with Gasteiger partial charge < -0.3 is 10.2 Å². The Morgan fingerprint density at radius 2 is 1.70 bits per heavy atom. The monoisotopic (exact) mass is 404 g/mol. The molecule has 1 fully saturated rings. The first kappa shape index (κ1) is 20.1. The smallest absolute Gasteiger partial charge is 0.229 e. The second kappa shape index (κ2) is 8.26. The van der Waals surface area contributed by atoms with Gasteiger partial charge in [-0.3, -0.25) is 4.79 Å². The standard InChI is InChI=1S/C23H28N6O/c1-15-12-16(2)25-23(24-15)28-11-5-6-19(14-28)22(30)26-20-7-9-21(10-8-20)29-18(4)13-17(3)27-29/h7-10,12-13,19H,5-6,11,14H2,1-4H3,(H,26,30). The molecule has 1 aromatic carbocycles. The van der Waals surface area contributed by atoms with E-state index in [0.717, 1.165) is 59.5 Å². The third kappa shape index (κ3) is 4.35. The van der Waals surface area contributed by atoms with Crippen molar-refractivity contribution in [2.45, 2.75) is 40.5 Å². The second-order valence-electron chi connectivity index (χ2n) is 8.11. The van der Waals surface area contributed by atoms with Gasteiger partial charge in [0.1, 0.15) is 0 Å². The number of carbonyl (C=O) groups is 1. The molecule has 0 spiro atoms. The summed E-state index contributed by atoms with van der Waals surface area (Å²) in [7, 11) is 0. The maximum Gasteiger partial charge on any atom is 0.229 e. The van der Waals surface area contributed by atoms with E-state index in [4.69, 9.17) is 0 Å². The molecule has 1 amide bonds. The highest BCUT2D eigenvalue weighted by molar-refractivity contribution is 5.93. The molecule has 1 aliphatic heterocycles. The summed E-state index contributed by atoms with van der Waals surface area (Å²) in [4.78, 5) is 24.1. The number of hydrogen-bond acceptors (Lipinski definition) is 5. The van der Waals surface area contributed by atoms with Crippen molar-refractivity contribution in [2.75, 3.05) is 23.3 Å². The molecule has 0 aliphatic carbocycles. The minimum atomic E-state index is -0.0844. The second-order valence-corrected chi connectivity index (χ2v) is 8.11. The van der Waals surface area contributed by atoms with Crippen LogP contribution < -0.4 is 10.2 Å². The van der Waals surface area contributed by atoms with Gasteiger partial charge in [0.2, 0.25) is 11.9 Å². The minimum Gasteiger partial charge on any atom is -0.340 e. The fraction of sp³-hybridized carbons (Fsp3) is 0.391. The molecule has 30 heavy (non-hydrogen) atoms. The molecule has 1 unspecified atom stereocenters. The highest BCUT2D eigenvalue weighted by Gasteiger charge is 2.27. The molecule has 1 atom stereocenters. The number of nitrogens with one attached hydrogen (secondary N) is 1. The van der Waals surface area contributed by atoms with Crippen molar-refractivity contribution in [3.63, 3.8) is 0 Å². The number of rotatable bonds is 4. The van der Waals surface area contributed by atoms with E-state index in [1.807, 2.05) is 68.8 Å². The van der Waals surface area contributed by atoms with E-state index >= 15 is 0 Å². The maximum atomic E-state index is 12.9. The molecule has 0 saturated carbocycles. The molecule has 7 nitrogen and oxygen atoms in total. The highest BCUT2D eigenvalue weighted by atomic mass is 16.1. The average molecular weight is 405 g/mol. The Bertz CT molecular complexity index is 1040. The molecule has 156 valence electrons. The van der Waals surface area contributed by atoms with Gasteiger partial charge in [-0.25, -0.2) is 14.6 Å². The summed E-state index contributed by atoms with van der Waals surface area (Å²) < 4.78 is 1.91. The van der Waals surface area contributed by atoms with Crippen molar-refractivity contribution < 1.29 is 4.79 Å². The predicted molar refractivity (Wildman–Crippen MR) is 118 cm³/mol. The fourth-order valence-electron chi connectivity index (χ4n) is 4.04. The van der Waals surface area contributed by atoms with Crippen LogP contribution in [0.25, 0.3) is 5.69 Å². The average Bonchev–Trinajstić information content (AvgIpc) is 3.06. The van der Waals surface area contributed by atoms with Gasteiger partial charge in [0, 0.05) is 35.9 Å². The first-order valence-corrected chi connectivity index (χ1v) is 10.4. The van der Waals surface area contributed by atoms with E-state index in [1.165, 1.54) is 0 Å². The lowest BCUT2D eigenvalue weighted by Crippen LogP contribution is -2.41.